The fourth-order valence-corrected chi connectivity index (χ4v) is 1.44. The molecule has 1 amide bonds. The third kappa shape index (κ3) is 4.21. The summed E-state index contributed by atoms with van der Waals surface area (Å²) in [6.45, 7) is 3.81. The van der Waals surface area contributed by atoms with Crippen molar-refractivity contribution in [1.82, 2.24) is 16.2 Å². The van der Waals surface area contributed by atoms with E-state index in [4.69, 9.17) is 17.0 Å². The van der Waals surface area contributed by atoms with Gasteiger partial charge in [0.15, 0.2) is 11.7 Å². The topological polar surface area (TPSA) is 62.4 Å². The van der Waals surface area contributed by atoms with Gasteiger partial charge in [-0.05, 0) is 37.2 Å². The van der Waals surface area contributed by atoms with Crippen LogP contribution in [0, 0.1) is 13.8 Å². The molecular weight excluding hydrogens is 250 g/mol. The number of para-hydroxylation sites is 1. The summed E-state index contributed by atoms with van der Waals surface area (Å²) in [6.07, 6.45) is 0. The summed E-state index contributed by atoms with van der Waals surface area (Å²) < 4.78 is 5.48. The molecule has 0 heterocycles. The molecular formula is C12H17N3O2S. The van der Waals surface area contributed by atoms with Crippen LogP contribution in [0.3, 0.4) is 0 Å². The zero-order valence-electron chi connectivity index (χ0n) is 10.7. The Balaban J connectivity index is 2.45. The van der Waals surface area contributed by atoms with Gasteiger partial charge in [0, 0.05) is 7.05 Å². The van der Waals surface area contributed by atoms with Gasteiger partial charge >= 0.3 is 0 Å². The monoisotopic (exact) mass is 267 g/mol. The van der Waals surface area contributed by atoms with Crippen LogP contribution in [-0.2, 0) is 4.79 Å². The Bertz CT molecular complexity index is 429. The molecule has 0 fully saturated rings. The quantitative estimate of drug-likeness (QED) is 0.559. The molecule has 0 aliphatic rings. The Labute approximate surface area is 112 Å². The Morgan fingerprint density at radius 3 is 2.44 bits per heavy atom. The first-order valence-corrected chi connectivity index (χ1v) is 5.91. The molecule has 1 aromatic carbocycles. The van der Waals surface area contributed by atoms with Crippen molar-refractivity contribution in [1.29, 1.82) is 0 Å². The molecule has 0 spiro atoms. The summed E-state index contributed by atoms with van der Waals surface area (Å²) >= 11 is 4.82. The van der Waals surface area contributed by atoms with Gasteiger partial charge < -0.3 is 10.1 Å². The van der Waals surface area contributed by atoms with Crippen molar-refractivity contribution in [2.24, 2.45) is 0 Å². The highest BCUT2D eigenvalue weighted by Gasteiger charge is 2.06. The normalized spacial score (nSPS) is 9.50. The second kappa shape index (κ2) is 6.80. The van der Waals surface area contributed by atoms with E-state index in [1.807, 2.05) is 32.0 Å². The predicted octanol–water partition coefficient (Wildman–Crippen LogP) is 0.807. The van der Waals surface area contributed by atoms with E-state index < -0.39 is 0 Å². The van der Waals surface area contributed by atoms with Gasteiger partial charge in [0.1, 0.15) is 5.75 Å². The number of carbonyl (C=O) groups excluding carboxylic acids is 1. The first-order valence-electron chi connectivity index (χ1n) is 5.50. The largest absolute Gasteiger partial charge is 0.483 e. The van der Waals surface area contributed by atoms with Crippen LogP contribution in [0.5, 0.6) is 5.75 Å². The molecule has 0 aromatic heterocycles. The standard InChI is InChI=1S/C12H17N3O2S/c1-8-5-4-6-9(2)11(8)17-7-10(16)14-15-12(18)13-3/h4-6H,7H2,1-3H3,(H,14,16)(H2,13,15,18). The van der Waals surface area contributed by atoms with E-state index in [9.17, 15) is 4.79 Å². The molecule has 98 valence electrons. The van der Waals surface area contributed by atoms with Crippen LogP contribution in [0.4, 0.5) is 0 Å². The number of nitrogens with one attached hydrogen (secondary N) is 3. The summed E-state index contributed by atoms with van der Waals surface area (Å²) in [5, 5.41) is 3.02. The molecule has 0 bridgehead atoms. The second-order valence-corrected chi connectivity index (χ2v) is 4.17. The van der Waals surface area contributed by atoms with Gasteiger partial charge in [-0.2, -0.15) is 0 Å². The van der Waals surface area contributed by atoms with Crippen LogP contribution in [-0.4, -0.2) is 24.7 Å². The van der Waals surface area contributed by atoms with E-state index >= 15 is 0 Å². The van der Waals surface area contributed by atoms with Crippen LogP contribution >= 0.6 is 12.2 Å². The van der Waals surface area contributed by atoms with Crippen molar-refractivity contribution in [3.05, 3.63) is 29.3 Å². The molecule has 3 N–H and O–H groups in total. The van der Waals surface area contributed by atoms with E-state index in [0.29, 0.717) is 5.11 Å². The molecule has 0 unspecified atom stereocenters. The van der Waals surface area contributed by atoms with E-state index in [2.05, 4.69) is 16.2 Å². The number of aryl methyl sites for hydroxylation is 2. The van der Waals surface area contributed by atoms with Gasteiger partial charge in [0.05, 0.1) is 0 Å². The smallest absolute Gasteiger partial charge is 0.276 e. The van der Waals surface area contributed by atoms with Crippen LogP contribution in [0.15, 0.2) is 18.2 Å². The van der Waals surface area contributed by atoms with Gasteiger partial charge in [0.25, 0.3) is 5.91 Å². The number of carbonyl (C=O) groups is 1. The number of thiocarbonyl (C=S) groups is 1. The number of benzene rings is 1. The van der Waals surface area contributed by atoms with Gasteiger partial charge in [-0.1, -0.05) is 18.2 Å². The van der Waals surface area contributed by atoms with E-state index in [1.165, 1.54) is 0 Å². The molecule has 0 saturated heterocycles. The SMILES string of the molecule is CNC(=S)NNC(=O)COc1c(C)cccc1C. The van der Waals surface area contributed by atoms with Gasteiger partial charge in [0.2, 0.25) is 0 Å². The molecule has 0 aliphatic carbocycles. The zero-order chi connectivity index (χ0) is 13.5. The summed E-state index contributed by atoms with van der Waals surface area (Å²) in [7, 11) is 1.66. The summed E-state index contributed by atoms with van der Waals surface area (Å²) in [5.74, 6) is 0.444. The molecule has 0 radical (unpaired) electrons. The van der Waals surface area contributed by atoms with Crippen LogP contribution in [0.1, 0.15) is 11.1 Å². The Morgan fingerprint density at radius 1 is 1.28 bits per heavy atom. The highest BCUT2D eigenvalue weighted by Crippen LogP contribution is 2.21. The Morgan fingerprint density at radius 2 is 1.89 bits per heavy atom. The van der Waals surface area contributed by atoms with Crippen molar-refractivity contribution >= 4 is 23.2 Å². The van der Waals surface area contributed by atoms with Crippen molar-refractivity contribution in [3.8, 4) is 5.75 Å². The molecule has 0 atom stereocenters. The Kier molecular flexibility index (Phi) is 5.38. The van der Waals surface area contributed by atoms with Crippen molar-refractivity contribution < 1.29 is 9.53 Å². The highest BCUT2D eigenvalue weighted by atomic mass is 32.1. The van der Waals surface area contributed by atoms with Crippen molar-refractivity contribution in [2.75, 3.05) is 13.7 Å². The third-order valence-corrected chi connectivity index (χ3v) is 2.61. The molecule has 5 nitrogen and oxygen atoms in total. The number of amides is 1. The lowest BCUT2D eigenvalue weighted by Gasteiger charge is -2.12. The summed E-state index contributed by atoms with van der Waals surface area (Å²) in [5.41, 5.74) is 6.97. The lowest BCUT2D eigenvalue weighted by molar-refractivity contribution is -0.123. The maximum atomic E-state index is 11.5. The van der Waals surface area contributed by atoms with Crippen molar-refractivity contribution in [2.45, 2.75) is 13.8 Å². The second-order valence-electron chi connectivity index (χ2n) is 3.76. The number of ether oxygens (including phenoxy) is 1. The summed E-state index contributed by atoms with van der Waals surface area (Å²) in [4.78, 5) is 11.5. The van der Waals surface area contributed by atoms with Crippen LogP contribution in [0.2, 0.25) is 0 Å². The lowest BCUT2D eigenvalue weighted by Crippen LogP contribution is -2.47. The fraction of sp³-hybridized carbons (Fsp3) is 0.333. The number of rotatable bonds is 3. The average molecular weight is 267 g/mol. The lowest BCUT2D eigenvalue weighted by atomic mass is 10.1. The predicted molar refractivity (Wildman–Crippen MR) is 74.3 cm³/mol. The van der Waals surface area contributed by atoms with E-state index in [-0.39, 0.29) is 12.5 Å². The van der Waals surface area contributed by atoms with E-state index in [1.54, 1.807) is 7.05 Å². The number of hydrogen-bond donors (Lipinski definition) is 3. The first-order chi connectivity index (χ1) is 8.54. The minimum Gasteiger partial charge on any atom is -0.483 e. The van der Waals surface area contributed by atoms with Gasteiger partial charge in [-0.15, -0.1) is 0 Å². The maximum Gasteiger partial charge on any atom is 0.276 e. The van der Waals surface area contributed by atoms with Crippen molar-refractivity contribution in [3.63, 3.8) is 0 Å². The molecule has 1 rings (SSSR count). The minimum atomic E-state index is -0.296. The Hall–Kier alpha value is -1.82. The number of hydrogen-bond acceptors (Lipinski definition) is 3. The maximum absolute atomic E-state index is 11.5. The first kappa shape index (κ1) is 14.2. The molecule has 1 aromatic rings. The third-order valence-electron chi connectivity index (χ3n) is 2.30. The highest BCUT2D eigenvalue weighted by molar-refractivity contribution is 7.80. The van der Waals surface area contributed by atoms with Crippen LogP contribution < -0.4 is 20.9 Å². The summed E-state index contributed by atoms with van der Waals surface area (Å²) in [6, 6.07) is 5.83. The van der Waals surface area contributed by atoms with Crippen LogP contribution in [0.25, 0.3) is 0 Å². The molecule has 0 saturated carbocycles. The zero-order valence-corrected chi connectivity index (χ0v) is 11.5. The number of hydrazine groups is 1. The molecule has 6 heteroatoms. The molecule has 0 aliphatic heterocycles. The van der Waals surface area contributed by atoms with Gasteiger partial charge in [-0.3, -0.25) is 15.6 Å². The van der Waals surface area contributed by atoms with Gasteiger partial charge in [-0.25, -0.2) is 0 Å². The average Bonchev–Trinajstić information content (AvgIpc) is 2.35. The fourth-order valence-electron chi connectivity index (χ4n) is 1.39. The van der Waals surface area contributed by atoms with E-state index in [0.717, 1.165) is 16.9 Å². The molecule has 18 heavy (non-hydrogen) atoms. The minimum absolute atomic E-state index is 0.0645.